The van der Waals surface area contributed by atoms with Gasteiger partial charge in [0.05, 0.1) is 14.2 Å². The van der Waals surface area contributed by atoms with E-state index in [1.165, 1.54) is 0 Å². The number of methoxy groups -OCH3 is 2. The van der Waals surface area contributed by atoms with E-state index in [-0.39, 0.29) is 5.75 Å². The minimum Gasteiger partial charge on any atom is -0.508 e. The Hall–Kier alpha value is -2.36. The van der Waals surface area contributed by atoms with Crippen LogP contribution in [-0.4, -0.2) is 19.3 Å². The lowest BCUT2D eigenvalue weighted by Gasteiger charge is -2.11. The highest BCUT2D eigenvalue weighted by atomic mass is 16.5. The number of rotatable bonds is 5. The Bertz CT molecular complexity index is 533. The average molecular weight is 259 g/mol. The maximum atomic E-state index is 9.41. The van der Waals surface area contributed by atoms with Crippen molar-refractivity contribution < 1.29 is 14.6 Å². The molecule has 0 aliphatic rings. The molecular formula is C15H17NO3. The number of phenolic OH excluding ortho intramolecular Hbond substituents is 1. The molecule has 0 atom stereocenters. The average Bonchev–Trinajstić information content (AvgIpc) is 2.44. The monoisotopic (exact) mass is 259 g/mol. The normalized spacial score (nSPS) is 10.0. The van der Waals surface area contributed by atoms with Crippen LogP contribution in [0.15, 0.2) is 42.5 Å². The van der Waals surface area contributed by atoms with Gasteiger partial charge in [-0.15, -0.1) is 0 Å². The summed E-state index contributed by atoms with van der Waals surface area (Å²) < 4.78 is 10.4. The van der Waals surface area contributed by atoms with Crippen LogP contribution in [0, 0.1) is 0 Å². The summed E-state index contributed by atoms with van der Waals surface area (Å²) in [5.74, 6) is 1.73. The molecule has 0 saturated carbocycles. The van der Waals surface area contributed by atoms with Gasteiger partial charge >= 0.3 is 0 Å². The Kier molecular flexibility index (Phi) is 4.13. The second-order valence-electron chi connectivity index (χ2n) is 4.12. The van der Waals surface area contributed by atoms with Crippen LogP contribution in [0.1, 0.15) is 5.56 Å². The summed E-state index contributed by atoms with van der Waals surface area (Å²) in [5, 5.41) is 12.7. The van der Waals surface area contributed by atoms with Crippen molar-refractivity contribution in [2.24, 2.45) is 0 Å². The molecule has 0 spiro atoms. The second-order valence-corrected chi connectivity index (χ2v) is 4.12. The Morgan fingerprint density at radius 3 is 2.26 bits per heavy atom. The Labute approximate surface area is 112 Å². The fourth-order valence-corrected chi connectivity index (χ4v) is 1.78. The van der Waals surface area contributed by atoms with Gasteiger partial charge in [-0.05, 0) is 17.7 Å². The molecule has 2 N–H and O–H groups in total. The van der Waals surface area contributed by atoms with E-state index in [4.69, 9.17) is 9.47 Å². The van der Waals surface area contributed by atoms with Crippen LogP contribution < -0.4 is 14.8 Å². The molecule has 0 amide bonds. The third-order valence-corrected chi connectivity index (χ3v) is 2.76. The van der Waals surface area contributed by atoms with Crippen molar-refractivity contribution in [2.45, 2.75) is 6.54 Å². The van der Waals surface area contributed by atoms with Crippen LogP contribution in [0.25, 0.3) is 0 Å². The van der Waals surface area contributed by atoms with Crippen LogP contribution >= 0.6 is 0 Å². The van der Waals surface area contributed by atoms with Crippen molar-refractivity contribution in [1.29, 1.82) is 0 Å². The molecule has 4 heteroatoms. The zero-order chi connectivity index (χ0) is 13.7. The topological polar surface area (TPSA) is 50.7 Å². The van der Waals surface area contributed by atoms with Gasteiger partial charge in [-0.2, -0.15) is 0 Å². The zero-order valence-corrected chi connectivity index (χ0v) is 11.0. The third-order valence-electron chi connectivity index (χ3n) is 2.76. The molecule has 2 rings (SSSR count). The van der Waals surface area contributed by atoms with Crippen molar-refractivity contribution in [1.82, 2.24) is 0 Å². The zero-order valence-electron chi connectivity index (χ0n) is 11.0. The van der Waals surface area contributed by atoms with Gasteiger partial charge in [0.2, 0.25) is 0 Å². The SMILES string of the molecule is COc1cc(NCc2cccc(O)c2)cc(OC)c1. The molecule has 100 valence electrons. The van der Waals surface area contributed by atoms with E-state index in [0.29, 0.717) is 6.54 Å². The van der Waals surface area contributed by atoms with E-state index in [1.807, 2.05) is 30.3 Å². The summed E-state index contributed by atoms with van der Waals surface area (Å²) in [6.07, 6.45) is 0. The van der Waals surface area contributed by atoms with E-state index in [9.17, 15) is 5.11 Å². The van der Waals surface area contributed by atoms with Crippen LogP contribution in [0.2, 0.25) is 0 Å². The second kappa shape index (κ2) is 6.00. The van der Waals surface area contributed by atoms with Crippen molar-refractivity contribution in [3.8, 4) is 17.2 Å². The number of aromatic hydroxyl groups is 1. The maximum Gasteiger partial charge on any atom is 0.124 e. The molecule has 0 unspecified atom stereocenters. The van der Waals surface area contributed by atoms with E-state index >= 15 is 0 Å². The molecule has 19 heavy (non-hydrogen) atoms. The van der Waals surface area contributed by atoms with Crippen molar-refractivity contribution in [2.75, 3.05) is 19.5 Å². The van der Waals surface area contributed by atoms with Gasteiger partial charge in [0.15, 0.2) is 0 Å². The van der Waals surface area contributed by atoms with Gasteiger partial charge in [-0.25, -0.2) is 0 Å². The lowest BCUT2D eigenvalue weighted by atomic mass is 10.2. The van der Waals surface area contributed by atoms with Gasteiger partial charge in [0.25, 0.3) is 0 Å². The Morgan fingerprint density at radius 2 is 1.68 bits per heavy atom. The molecular weight excluding hydrogens is 242 g/mol. The van der Waals surface area contributed by atoms with Crippen LogP contribution in [0.5, 0.6) is 17.2 Å². The quantitative estimate of drug-likeness (QED) is 0.866. The van der Waals surface area contributed by atoms with E-state index < -0.39 is 0 Å². The fourth-order valence-electron chi connectivity index (χ4n) is 1.78. The first kappa shape index (κ1) is 13.1. The van der Waals surface area contributed by atoms with Gasteiger partial charge in [0, 0.05) is 30.4 Å². The molecule has 0 aliphatic heterocycles. The summed E-state index contributed by atoms with van der Waals surface area (Å²) in [6.45, 7) is 0.616. The minimum absolute atomic E-state index is 0.266. The van der Waals surface area contributed by atoms with Crippen LogP contribution in [0.4, 0.5) is 5.69 Å². The molecule has 2 aromatic carbocycles. The van der Waals surface area contributed by atoms with Crippen molar-refractivity contribution in [3.63, 3.8) is 0 Å². The number of ether oxygens (including phenoxy) is 2. The molecule has 0 fully saturated rings. The molecule has 4 nitrogen and oxygen atoms in total. The summed E-state index contributed by atoms with van der Waals surface area (Å²) in [6, 6.07) is 12.8. The summed E-state index contributed by atoms with van der Waals surface area (Å²) in [5.41, 5.74) is 1.90. The number of hydrogen-bond acceptors (Lipinski definition) is 4. The predicted octanol–water partition coefficient (Wildman–Crippen LogP) is 3.02. The number of nitrogens with one attached hydrogen (secondary N) is 1. The lowest BCUT2D eigenvalue weighted by Crippen LogP contribution is -2.00. The molecule has 0 radical (unpaired) electrons. The van der Waals surface area contributed by atoms with E-state index in [2.05, 4.69) is 5.32 Å². The fraction of sp³-hybridized carbons (Fsp3) is 0.200. The number of hydrogen-bond donors (Lipinski definition) is 2. The van der Waals surface area contributed by atoms with Crippen molar-refractivity contribution >= 4 is 5.69 Å². The van der Waals surface area contributed by atoms with Crippen LogP contribution in [0.3, 0.4) is 0 Å². The molecule has 0 heterocycles. The molecule has 0 aromatic heterocycles. The number of phenols is 1. The third kappa shape index (κ3) is 3.55. The highest BCUT2D eigenvalue weighted by molar-refractivity contribution is 5.54. The van der Waals surface area contributed by atoms with Gasteiger partial charge in [0.1, 0.15) is 17.2 Å². The molecule has 0 bridgehead atoms. The molecule has 0 aliphatic carbocycles. The summed E-state index contributed by atoms with van der Waals surface area (Å²) >= 11 is 0. The first-order valence-corrected chi connectivity index (χ1v) is 5.96. The van der Waals surface area contributed by atoms with Crippen LogP contribution in [-0.2, 0) is 6.54 Å². The van der Waals surface area contributed by atoms with Crippen molar-refractivity contribution in [3.05, 3.63) is 48.0 Å². The largest absolute Gasteiger partial charge is 0.508 e. The van der Waals surface area contributed by atoms with Gasteiger partial charge in [-0.1, -0.05) is 12.1 Å². The lowest BCUT2D eigenvalue weighted by molar-refractivity contribution is 0.394. The number of benzene rings is 2. The molecule has 2 aromatic rings. The van der Waals surface area contributed by atoms with Gasteiger partial charge in [-0.3, -0.25) is 0 Å². The highest BCUT2D eigenvalue weighted by Gasteiger charge is 2.02. The smallest absolute Gasteiger partial charge is 0.124 e. The predicted molar refractivity (Wildman–Crippen MR) is 75.0 cm³/mol. The minimum atomic E-state index is 0.266. The summed E-state index contributed by atoms with van der Waals surface area (Å²) in [4.78, 5) is 0. The van der Waals surface area contributed by atoms with E-state index in [1.54, 1.807) is 26.4 Å². The Balaban J connectivity index is 2.10. The maximum absolute atomic E-state index is 9.41. The number of anilines is 1. The van der Waals surface area contributed by atoms with Gasteiger partial charge < -0.3 is 19.9 Å². The standard InChI is InChI=1S/C15H17NO3/c1-18-14-7-12(8-15(9-14)19-2)16-10-11-4-3-5-13(17)6-11/h3-9,16-17H,10H2,1-2H3. The first-order valence-electron chi connectivity index (χ1n) is 5.96. The van der Waals surface area contributed by atoms with E-state index in [0.717, 1.165) is 22.7 Å². The summed E-state index contributed by atoms with van der Waals surface area (Å²) in [7, 11) is 3.24. The Morgan fingerprint density at radius 1 is 1.00 bits per heavy atom. The highest BCUT2D eigenvalue weighted by Crippen LogP contribution is 2.26. The molecule has 0 saturated heterocycles. The first-order chi connectivity index (χ1) is 9.21.